The molecule has 1 saturated heterocycles. The maximum absolute atomic E-state index is 11.9. The monoisotopic (exact) mass is 379 g/mol. The van der Waals surface area contributed by atoms with Gasteiger partial charge < -0.3 is 10.0 Å². The van der Waals surface area contributed by atoms with E-state index in [2.05, 4.69) is 36.1 Å². The average molecular weight is 380 g/mol. The van der Waals surface area contributed by atoms with Gasteiger partial charge in [-0.2, -0.15) is 0 Å². The van der Waals surface area contributed by atoms with E-state index in [-0.39, 0.29) is 17.5 Å². The van der Waals surface area contributed by atoms with E-state index in [9.17, 15) is 9.90 Å². The van der Waals surface area contributed by atoms with Gasteiger partial charge in [-0.25, -0.2) is 0 Å². The Morgan fingerprint density at radius 2 is 1.71 bits per heavy atom. The number of carbonyl (C=O) groups excluding carboxylic acids is 1. The van der Waals surface area contributed by atoms with Gasteiger partial charge in [0.15, 0.2) is 5.78 Å². The number of phenolic OH excluding ortho intramolecular Hbond substituents is 1. The number of nitrogens with zero attached hydrogens (tertiary/aromatic N) is 1. The highest BCUT2D eigenvalue weighted by Crippen LogP contribution is 2.27. The van der Waals surface area contributed by atoms with Crippen molar-refractivity contribution in [2.24, 2.45) is 0 Å². The molecule has 3 heteroatoms. The maximum atomic E-state index is 11.9. The van der Waals surface area contributed by atoms with Crippen molar-refractivity contribution in [3.05, 3.63) is 64.7 Å². The molecular formula is C25H33NO2. The third-order valence-corrected chi connectivity index (χ3v) is 5.90. The van der Waals surface area contributed by atoms with Gasteiger partial charge in [0.2, 0.25) is 0 Å². The van der Waals surface area contributed by atoms with E-state index in [1.807, 2.05) is 6.07 Å². The van der Waals surface area contributed by atoms with Crippen LogP contribution in [0.5, 0.6) is 5.75 Å². The lowest BCUT2D eigenvalue weighted by atomic mass is 9.88. The molecule has 1 atom stereocenters. The molecule has 1 heterocycles. The Balaban J connectivity index is 1.54. The Morgan fingerprint density at radius 3 is 2.39 bits per heavy atom. The summed E-state index contributed by atoms with van der Waals surface area (Å²) in [6.07, 6.45) is 7.37. The Labute approximate surface area is 169 Å². The fourth-order valence-corrected chi connectivity index (χ4v) is 4.27. The van der Waals surface area contributed by atoms with Crippen LogP contribution in [0.4, 0.5) is 0 Å². The van der Waals surface area contributed by atoms with Crippen LogP contribution in [-0.4, -0.2) is 35.4 Å². The molecule has 3 rings (SSSR count). The molecule has 0 amide bonds. The van der Waals surface area contributed by atoms with Gasteiger partial charge in [0.1, 0.15) is 5.75 Å². The first-order valence-electron chi connectivity index (χ1n) is 10.7. The Kier molecular flexibility index (Phi) is 7.27. The van der Waals surface area contributed by atoms with Gasteiger partial charge in [0.05, 0.1) is 0 Å². The van der Waals surface area contributed by atoms with Crippen molar-refractivity contribution in [3.63, 3.8) is 0 Å². The molecule has 1 aliphatic rings. The summed E-state index contributed by atoms with van der Waals surface area (Å²) in [4.78, 5) is 14.5. The summed E-state index contributed by atoms with van der Waals surface area (Å²) in [5.74, 6) is 0.376. The smallest absolute Gasteiger partial charge is 0.160 e. The summed E-state index contributed by atoms with van der Waals surface area (Å²) < 4.78 is 0. The van der Waals surface area contributed by atoms with Crippen molar-refractivity contribution in [1.82, 2.24) is 4.90 Å². The number of hydrogen-bond donors (Lipinski definition) is 1. The van der Waals surface area contributed by atoms with Crippen LogP contribution in [0, 0.1) is 0 Å². The number of carbonyl (C=O) groups is 1. The predicted octanol–water partition coefficient (Wildman–Crippen LogP) is 5.36. The zero-order valence-electron chi connectivity index (χ0n) is 17.3. The van der Waals surface area contributed by atoms with Crippen LogP contribution in [0.2, 0.25) is 0 Å². The number of likely N-dealkylation sites (tertiary alicyclic amines) is 1. The molecule has 1 unspecified atom stereocenters. The van der Waals surface area contributed by atoms with Gasteiger partial charge >= 0.3 is 0 Å². The van der Waals surface area contributed by atoms with Crippen LogP contribution in [0.3, 0.4) is 0 Å². The number of piperidine rings is 1. The Bertz CT molecular complexity index is 776. The summed E-state index contributed by atoms with van der Waals surface area (Å²) in [6, 6.07) is 14.1. The quantitative estimate of drug-likeness (QED) is 0.628. The topological polar surface area (TPSA) is 40.5 Å². The summed E-state index contributed by atoms with van der Waals surface area (Å²) in [5.41, 5.74) is 4.33. The lowest BCUT2D eigenvalue weighted by Crippen LogP contribution is -2.30. The largest absolute Gasteiger partial charge is 0.508 e. The minimum atomic E-state index is 0.00167. The van der Waals surface area contributed by atoms with Crippen LogP contribution in [-0.2, 0) is 12.8 Å². The van der Waals surface area contributed by atoms with Crippen LogP contribution in [0.1, 0.15) is 72.5 Å². The molecule has 0 aliphatic carbocycles. The molecule has 0 saturated carbocycles. The van der Waals surface area contributed by atoms with Crippen LogP contribution in [0.15, 0.2) is 42.5 Å². The molecule has 1 N–H and O–H groups in total. The molecular weight excluding hydrogens is 346 g/mol. The van der Waals surface area contributed by atoms with Crippen molar-refractivity contribution in [1.29, 1.82) is 0 Å². The van der Waals surface area contributed by atoms with Crippen molar-refractivity contribution in [2.45, 2.75) is 58.3 Å². The van der Waals surface area contributed by atoms with E-state index in [1.165, 1.54) is 56.4 Å². The maximum Gasteiger partial charge on any atom is 0.160 e. The van der Waals surface area contributed by atoms with Crippen LogP contribution >= 0.6 is 0 Å². The molecule has 1 aliphatic heterocycles. The second kappa shape index (κ2) is 9.88. The first-order chi connectivity index (χ1) is 13.5. The first kappa shape index (κ1) is 20.6. The second-order valence-corrected chi connectivity index (χ2v) is 8.26. The number of aryl methyl sites for hydroxylation is 1. The highest BCUT2D eigenvalue weighted by atomic mass is 16.3. The SMILES string of the molecule is CC(=O)c1cc(O)ccc1C(C)Cc1ccc(CCCN2CCCCC2)cc1. The fourth-order valence-electron chi connectivity index (χ4n) is 4.27. The number of Topliss-reactive ketones (excluding diaryl/α,β-unsaturated/α-hetero) is 1. The average Bonchev–Trinajstić information content (AvgIpc) is 2.70. The molecule has 0 spiro atoms. The molecule has 150 valence electrons. The standard InChI is InChI=1S/C25H33NO2/c1-19(24-13-12-23(28)18-25(24)20(2)27)17-22-10-8-21(9-11-22)7-6-16-26-14-4-3-5-15-26/h8-13,18-19,28H,3-7,14-17H2,1-2H3. The van der Waals surface area contributed by atoms with Gasteiger partial charge in [-0.1, -0.05) is 43.7 Å². The second-order valence-electron chi connectivity index (χ2n) is 8.26. The van der Waals surface area contributed by atoms with Crippen molar-refractivity contribution in [3.8, 4) is 5.75 Å². The van der Waals surface area contributed by atoms with E-state index in [4.69, 9.17) is 0 Å². The number of ketones is 1. The molecule has 0 radical (unpaired) electrons. The summed E-state index contributed by atoms with van der Waals surface area (Å²) in [5, 5.41) is 9.69. The fraction of sp³-hybridized carbons (Fsp3) is 0.480. The third-order valence-electron chi connectivity index (χ3n) is 5.90. The summed E-state index contributed by atoms with van der Waals surface area (Å²) >= 11 is 0. The summed E-state index contributed by atoms with van der Waals surface area (Å²) in [6.45, 7) is 7.47. The lowest BCUT2D eigenvalue weighted by molar-refractivity contribution is 0.101. The minimum absolute atomic E-state index is 0.00167. The molecule has 2 aromatic carbocycles. The van der Waals surface area contributed by atoms with Crippen LogP contribution < -0.4 is 0 Å². The van der Waals surface area contributed by atoms with E-state index in [0.29, 0.717) is 5.56 Å². The minimum Gasteiger partial charge on any atom is -0.508 e. The lowest BCUT2D eigenvalue weighted by Gasteiger charge is -2.26. The third kappa shape index (κ3) is 5.68. The molecule has 0 bridgehead atoms. The van der Waals surface area contributed by atoms with Gasteiger partial charge in [0.25, 0.3) is 0 Å². The van der Waals surface area contributed by atoms with Gasteiger partial charge in [-0.3, -0.25) is 4.79 Å². The number of aromatic hydroxyl groups is 1. The highest BCUT2D eigenvalue weighted by molar-refractivity contribution is 5.96. The van der Waals surface area contributed by atoms with Crippen molar-refractivity contribution >= 4 is 5.78 Å². The Morgan fingerprint density at radius 1 is 1.04 bits per heavy atom. The van der Waals surface area contributed by atoms with Crippen molar-refractivity contribution in [2.75, 3.05) is 19.6 Å². The number of hydrogen-bond acceptors (Lipinski definition) is 3. The number of benzene rings is 2. The molecule has 1 fully saturated rings. The first-order valence-corrected chi connectivity index (χ1v) is 10.7. The summed E-state index contributed by atoms with van der Waals surface area (Å²) in [7, 11) is 0. The molecule has 3 nitrogen and oxygen atoms in total. The van der Waals surface area contributed by atoms with E-state index in [0.717, 1.165) is 18.4 Å². The number of rotatable bonds is 8. The van der Waals surface area contributed by atoms with E-state index >= 15 is 0 Å². The zero-order chi connectivity index (χ0) is 19.9. The van der Waals surface area contributed by atoms with Crippen LogP contribution in [0.25, 0.3) is 0 Å². The van der Waals surface area contributed by atoms with Crippen molar-refractivity contribution < 1.29 is 9.90 Å². The van der Waals surface area contributed by atoms with E-state index in [1.54, 1.807) is 19.1 Å². The highest BCUT2D eigenvalue weighted by Gasteiger charge is 2.15. The predicted molar refractivity (Wildman–Crippen MR) is 115 cm³/mol. The van der Waals surface area contributed by atoms with Gasteiger partial charge in [0, 0.05) is 5.56 Å². The van der Waals surface area contributed by atoms with Gasteiger partial charge in [-0.15, -0.1) is 0 Å². The zero-order valence-corrected chi connectivity index (χ0v) is 17.3. The molecule has 28 heavy (non-hydrogen) atoms. The van der Waals surface area contributed by atoms with E-state index < -0.39 is 0 Å². The molecule has 0 aromatic heterocycles. The Hall–Kier alpha value is -2.13. The normalized spacial score (nSPS) is 16.1. The molecule has 2 aromatic rings. The van der Waals surface area contributed by atoms with Gasteiger partial charge in [-0.05, 0) is 93.4 Å². The number of phenols is 1.